The first kappa shape index (κ1) is 13.4. The number of benzene rings is 2. The summed E-state index contributed by atoms with van der Waals surface area (Å²) in [5, 5.41) is 1.41. The van der Waals surface area contributed by atoms with Crippen molar-refractivity contribution >= 4 is 44.8 Å². The monoisotopic (exact) mass is 320 g/mol. The van der Waals surface area contributed by atoms with E-state index < -0.39 is 10.0 Å². The molecule has 0 spiro atoms. The van der Waals surface area contributed by atoms with Crippen LogP contribution >= 0.6 is 23.2 Å². The highest BCUT2D eigenvalue weighted by Gasteiger charge is 2.16. The lowest BCUT2D eigenvalue weighted by Crippen LogP contribution is -2.11. The minimum absolute atomic E-state index is 0.564. The van der Waals surface area contributed by atoms with Gasteiger partial charge in [-0.25, -0.2) is 0 Å². The molecule has 1 heterocycles. The normalized spacial score (nSPS) is 13.9. The predicted octanol–water partition coefficient (Wildman–Crippen LogP) is 4.05. The molecule has 0 saturated carbocycles. The van der Waals surface area contributed by atoms with Crippen molar-refractivity contribution in [3.05, 3.63) is 75.8 Å². The van der Waals surface area contributed by atoms with Gasteiger partial charge in [-0.1, -0.05) is 23.2 Å². The Morgan fingerprint density at radius 1 is 0.800 bits per heavy atom. The van der Waals surface area contributed by atoms with Gasteiger partial charge < -0.3 is 8.54 Å². The lowest BCUT2D eigenvalue weighted by molar-refractivity contribution is -0.101. The molecule has 0 aromatic heterocycles. The van der Waals surface area contributed by atoms with Gasteiger partial charge in [-0.3, -0.25) is 0 Å². The molecule has 0 bridgehead atoms. The zero-order valence-electron chi connectivity index (χ0n) is 10.3. The van der Waals surface area contributed by atoms with Gasteiger partial charge in [0.15, 0.2) is 0 Å². The molecular weight excluding hydrogens is 311 g/mol. The third kappa shape index (κ3) is 2.95. The third-order valence-corrected chi connectivity index (χ3v) is 4.07. The Morgan fingerprint density at radius 2 is 1.35 bits per heavy atom. The zero-order chi connectivity index (χ0) is 13.9. The lowest BCUT2D eigenvalue weighted by atomic mass is 10.1. The summed E-state index contributed by atoms with van der Waals surface area (Å²) in [5.74, 6) is 1.60. The smallest absolute Gasteiger partial charge is 0.440 e. The van der Waals surface area contributed by atoms with Crippen molar-refractivity contribution in [1.82, 2.24) is 0 Å². The number of allylic oxidation sites excluding steroid dienone is 1. The minimum Gasteiger partial charge on any atom is -0.618 e. The Hall–Kier alpha value is -1.55. The van der Waals surface area contributed by atoms with Crippen molar-refractivity contribution in [3.8, 4) is 0 Å². The maximum Gasteiger partial charge on any atom is 0.440 e. The Morgan fingerprint density at radius 3 is 1.95 bits per heavy atom. The molecule has 0 aliphatic carbocycles. The van der Waals surface area contributed by atoms with E-state index in [0.29, 0.717) is 10.0 Å². The topological polar surface area (TPSA) is 20.5 Å². The van der Waals surface area contributed by atoms with E-state index >= 15 is 0 Å². The molecule has 0 saturated heterocycles. The van der Waals surface area contributed by atoms with Crippen molar-refractivity contribution in [2.24, 2.45) is 0 Å². The van der Waals surface area contributed by atoms with Crippen molar-refractivity contribution in [2.75, 3.05) is 0 Å². The van der Waals surface area contributed by atoms with Crippen molar-refractivity contribution in [2.45, 2.75) is 0 Å². The second-order valence-corrected chi connectivity index (χ2v) is 5.76. The van der Waals surface area contributed by atoms with E-state index in [2.05, 4.69) is 0 Å². The van der Waals surface area contributed by atoms with Crippen LogP contribution in [-0.2, 0) is 4.43 Å². The maximum absolute atomic E-state index is 5.89. The number of carbonyl (C=O) groups excluding carboxylic acids is 1. The number of rotatable bonds is 2. The molecule has 0 N–H and O–H groups in total. The molecule has 0 radical (unpaired) electrons. The fraction of sp³-hybridized carbons (Fsp3) is 0. The highest BCUT2D eigenvalue weighted by Crippen LogP contribution is 2.22. The largest absolute Gasteiger partial charge is 0.618 e. The van der Waals surface area contributed by atoms with Crippen molar-refractivity contribution in [1.29, 1.82) is 0 Å². The summed E-state index contributed by atoms with van der Waals surface area (Å²) in [6.07, 6.45) is 1.89. The highest BCUT2D eigenvalue weighted by atomic mass is 35.5. The summed E-state index contributed by atoms with van der Waals surface area (Å²) in [6.45, 7) is 0. The average molecular weight is 321 g/mol. The van der Waals surface area contributed by atoms with E-state index in [4.69, 9.17) is 31.7 Å². The van der Waals surface area contributed by atoms with Crippen LogP contribution in [0.25, 0.3) is 5.76 Å². The average Bonchev–Trinajstić information content (AvgIpc) is 2.49. The molecule has 2 aromatic rings. The molecule has 3 rings (SSSR count). The standard InChI is InChI=1S/C15H10Cl2O2Si/c16-12-5-1-10(2-6-12)14-9-15(19-20-18-14)11-3-7-13(17)8-4-11/h1-9,20H. The third-order valence-electron chi connectivity index (χ3n) is 2.87. The molecule has 2 nitrogen and oxygen atoms in total. The number of hydrogen-bond acceptors (Lipinski definition) is 1. The number of halogens is 2. The van der Waals surface area contributed by atoms with Crippen LogP contribution in [0.2, 0.25) is 10.0 Å². The lowest BCUT2D eigenvalue weighted by Gasteiger charge is -2.15. The first-order valence-corrected chi connectivity index (χ1v) is 7.68. The second-order valence-electron chi connectivity index (χ2n) is 4.22. The molecule has 0 atom stereocenters. The molecule has 0 amide bonds. The summed E-state index contributed by atoms with van der Waals surface area (Å²) in [4.78, 5) is 0. The SMILES string of the molecule is Clc1ccc(C2=CC(c3ccc(Cl)cc3)=[O+][SiH-]O2)cc1. The van der Waals surface area contributed by atoms with Gasteiger partial charge in [-0.05, 0) is 48.5 Å². The van der Waals surface area contributed by atoms with Crippen LogP contribution in [0, 0.1) is 0 Å². The van der Waals surface area contributed by atoms with Gasteiger partial charge in [0.05, 0.1) is 17.4 Å². The van der Waals surface area contributed by atoms with Crippen LogP contribution in [0.15, 0.2) is 54.6 Å². The van der Waals surface area contributed by atoms with Crippen LogP contribution in [0.5, 0.6) is 0 Å². The van der Waals surface area contributed by atoms with Gasteiger partial charge in [0.25, 0.3) is 5.78 Å². The number of ketones is 1. The van der Waals surface area contributed by atoms with E-state index in [1.807, 2.05) is 54.6 Å². The van der Waals surface area contributed by atoms with Crippen molar-refractivity contribution < 1.29 is 8.54 Å². The van der Waals surface area contributed by atoms with Crippen LogP contribution in [0.4, 0.5) is 0 Å². The fourth-order valence-corrected chi connectivity index (χ4v) is 2.76. The maximum atomic E-state index is 5.89. The highest BCUT2D eigenvalue weighted by molar-refractivity contribution is 6.31. The van der Waals surface area contributed by atoms with Gasteiger partial charge in [-0.2, -0.15) is 0 Å². The molecule has 1 aliphatic rings. The summed E-state index contributed by atoms with van der Waals surface area (Å²) in [6, 6.07) is 15.1. The van der Waals surface area contributed by atoms with Crippen LogP contribution in [-0.4, -0.2) is 15.8 Å². The molecule has 1 aliphatic heterocycles. The van der Waals surface area contributed by atoms with Crippen LogP contribution in [0.1, 0.15) is 15.2 Å². The fourth-order valence-electron chi connectivity index (χ4n) is 1.85. The minimum atomic E-state index is -0.564. The Labute approximate surface area is 129 Å². The molecule has 20 heavy (non-hydrogen) atoms. The summed E-state index contributed by atoms with van der Waals surface area (Å²) in [5.41, 5.74) is 1.97. The van der Waals surface area contributed by atoms with E-state index in [0.717, 1.165) is 22.7 Å². The van der Waals surface area contributed by atoms with Gasteiger partial charge in [0, 0.05) is 15.6 Å². The van der Waals surface area contributed by atoms with Crippen LogP contribution in [0.3, 0.4) is 0 Å². The summed E-state index contributed by atoms with van der Waals surface area (Å²) >= 11 is 11.8. The first-order valence-electron chi connectivity index (χ1n) is 5.98. The zero-order valence-corrected chi connectivity index (χ0v) is 13.0. The molecule has 2 aromatic carbocycles. The molecular formula is C15H10Cl2O2Si. The Kier molecular flexibility index (Phi) is 3.92. The quantitative estimate of drug-likeness (QED) is 0.604. The first-order chi connectivity index (χ1) is 9.72. The summed E-state index contributed by atoms with van der Waals surface area (Å²) in [7, 11) is -0.564. The van der Waals surface area contributed by atoms with E-state index in [1.54, 1.807) is 0 Å². The van der Waals surface area contributed by atoms with E-state index in [-0.39, 0.29) is 0 Å². The predicted molar refractivity (Wildman–Crippen MR) is 83.4 cm³/mol. The van der Waals surface area contributed by atoms with Crippen LogP contribution < -0.4 is 0 Å². The van der Waals surface area contributed by atoms with E-state index in [1.165, 1.54) is 0 Å². The van der Waals surface area contributed by atoms with E-state index in [9.17, 15) is 0 Å². The molecule has 100 valence electrons. The molecule has 0 fully saturated rings. The number of hydrogen-bond donors (Lipinski definition) is 0. The van der Waals surface area contributed by atoms with Gasteiger partial charge in [0.2, 0.25) is 0 Å². The Bertz CT molecular complexity index is 676. The van der Waals surface area contributed by atoms with Gasteiger partial charge >= 0.3 is 10.0 Å². The summed E-state index contributed by atoms with van der Waals surface area (Å²) < 4.78 is 11.2. The van der Waals surface area contributed by atoms with Crippen molar-refractivity contribution in [3.63, 3.8) is 0 Å². The second kappa shape index (κ2) is 5.83. The molecule has 0 unspecified atom stereocenters. The van der Waals surface area contributed by atoms with Gasteiger partial charge in [-0.15, -0.1) is 0 Å². The van der Waals surface area contributed by atoms with Gasteiger partial charge in [0.1, 0.15) is 0 Å². The molecule has 5 heteroatoms. The Balaban J connectivity index is 1.92.